The second-order valence-electron chi connectivity index (χ2n) is 2.39. The van der Waals surface area contributed by atoms with Crippen molar-refractivity contribution in [1.29, 1.82) is 0 Å². The zero-order valence-electron chi connectivity index (χ0n) is 8.91. The van der Waals surface area contributed by atoms with Gasteiger partial charge in [-0.25, -0.2) is 4.79 Å². The number of methoxy groups -OCH3 is 1. The van der Waals surface area contributed by atoms with E-state index in [-0.39, 0.29) is 5.97 Å². The molecule has 0 aromatic rings. The molecule has 0 spiro atoms. The summed E-state index contributed by atoms with van der Waals surface area (Å²) in [5.41, 5.74) is 0.433. The molecule has 0 bridgehead atoms. The summed E-state index contributed by atoms with van der Waals surface area (Å²) < 4.78 is 9.17. The van der Waals surface area contributed by atoms with Crippen LogP contribution >= 0.6 is 0 Å². The van der Waals surface area contributed by atoms with Crippen LogP contribution in [0.5, 0.6) is 0 Å². The topological polar surface area (TPSA) is 35.5 Å². The Bertz CT molecular complexity index is 187. The molecule has 0 rings (SSSR count). The molecule has 0 amide bonds. The molecule has 0 saturated heterocycles. The van der Waals surface area contributed by atoms with E-state index in [1.54, 1.807) is 19.1 Å². The van der Waals surface area contributed by atoms with Crippen LogP contribution in [0.3, 0.4) is 0 Å². The number of hydrogen-bond donors (Lipinski definition) is 0. The van der Waals surface area contributed by atoms with Gasteiger partial charge in [0, 0.05) is 5.57 Å². The van der Waals surface area contributed by atoms with Gasteiger partial charge in [0.2, 0.25) is 0 Å². The van der Waals surface area contributed by atoms with Crippen LogP contribution in [-0.4, -0.2) is 26.3 Å². The highest BCUT2D eigenvalue weighted by Crippen LogP contribution is 1.87. The average Bonchev–Trinajstić information content (AvgIpc) is 2.18. The Morgan fingerprint density at radius 2 is 1.71 bits per heavy atom. The van der Waals surface area contributed by atoms with E-state index in [1.165, 1.54) is 7.11 Å². The third-order valence-corrected chi connectivity index (χ3v) is 1.01. The van der Waals surface area contributed by atoms with Crippen LogP contribution in [0.4, 0.5) is 0 Å². The summed E-state index contributed by atoms with van der Waals surface area (Å²) in [7, 11) is 1.33. The molecule has 0 unspecified atom stereocenters. The van der Waals surface area contributed by atoms with Crippen LogP contribution in [0.2, 0.25) is 0 Å². The lowest BCUT2D eigenvalue weighted by Crippen LogP contribution is -1.98. The van der Waals surface area contributed by atoms with E-state index < -0.39 is 0 Å². The van der Waals surface area contributed by atoms with Gasteiger partial charge < -0.3 is 9.47 Å². The third-order valence-electron chi connectivity index (χ3n) is 1.01. The van der Waals surface area contributed by atoms with Gasteiger partial charge in [0.25, 0.3) is 0 Å². The number of hydrogen-bond acceptors (Lipinski definition) is 3. The average molecular weight is 198 g/mol. The first kappa shape index (κ1) is 15.1. The maximum Gasteiger partial charge on any atom is 0.332 e. The van der Waals surface area contributed by atoms with E-state index in [4.69, 9.17) is 4.74 Å². The Morgan fingerprint density at radius 1 is 1.29 bits per heavy atom. The molecule has 14 heavy (non-hydrogen) atoms. The molecule has 0 aromatic carbocycles. The molecule has 0 atom stereocenters. The van der Waals surface area contributed by atoms with Crippen molar-refractivity contribution in [2.24, 2.45) is 0 Å². The molecule has 80 valence electrons. The highest BCUT2D eigenvalue weighted by atomic mass is 16.5. The van der Waals surface area contributed by atoms with Crippen LogP contribution in [0.25, 0.3) is 0 Å². The molecule has 0 radical (unpaired) electrons. The minimum Gasteiger partial charge on any atom is -0.466 e. The number of ether oxygens (including phenoxy) is 2. The minimum atomic E-state index is -0.347. The van der Waals surface area contributed by atoms with Crippen molar-refractivity contribution in [2.75, 3.05) is 20.3 Å². The molecule has 0 aliphatic carbocycles. The molecule has 0 fully saturated rings. The first-order valence-electron chi connectivity index (χ1n) is 4.13. The van der Waals surface area contributed by atoms with E-state index in [2.05, 4.69) is 24.5 Å². The zero-order chi connectivity index (χ0) is 11.4. The highest BCUT2D eigenvalue weighted by Gasteiger charge is 1.95. The van der Waals surface area contributed by atoms with Crippen LogP contribution in [0.15, 0.2) is 37.5 Å². The van der Waals surface area contributed by atoms with Gasteiger partial charge >= 0.3 is 5.97 Å². The van der Waals surface area contributed by atoms with Crippen LogP contribution in [-0.2, 0) is 14.3 Å². The fraction of sp³-hybridized carbons (Fsp3) is 0.364. The Balaban J connectivity index is 0. The lowest BCUT2D eigenvalue weighted by atomic mass is 10.4. The van der Waals surface area contributed by atoms with Crippen molar-refractivity contribution in [2.45, 2.75) is 6.92 Å². The second kappa shape index (κ2) is 11.6. The Morgan fingerprint density at radius 3 is 1.86 bits per heavy atom. The number of rotatable bonds is 5. The van der Waals surface area contributed by atoms with Crippen molar-refractivity contribution in [3.05, 3.63) is 37.5 Å². The van der Waals surface area contributed by atoms with Gasteiger partial charge in [0.1, 0.15) is 0 Å². The van der Waals surface area contributed by atoms with E-state index in [0.717, 1.165) is 0 Å². The summed E-state index contributed by atoms with van der Waals surface area (Å²) in [6.07, 6.45) is 3.42. The molecule has 0 heterocycles. The molecule has 0 aliphatic heterocycles. The fourth-order valence-electron chi connectivity index (χ4n) is 0.409. The lowest BCUT2D eigenvalue weighted by molar-refractivity contribution is -0.136. The van der Waals surface area contributed by atoms with Gasteiger partial charge in [-0.3, -0.25) is 0 Å². The summed E-state index contributed by atoms with van der Waals surface area (Å²) in [5.74, 6) is -0.347. The van der Waals surface area contributed by atoms with E-state index >= 15 is 0 Å². The SMILES string of the molecule is C=C(C)C(=O)OC.C=CCOCC=C. The second-order valence-corrected chi connectivity index (χ2v) is 2.39. The standard InChI is InChI=1S/C6H10O.C5H8O2/c1-3-5-7-6-4-2;1-4(2)5(6)7-3/h3-4H,1-2,5-6H2;1H2,2-3H3. The number of carbonyl (C=O) groups excluding carboxylic acids is 1. The molecular weight excluding hydrogens is 180 g/mol. The predicted molar refractivity (Wildman–Crippen MR) is 58.0 cm³/mol. The van der Waals surface area contributed by atoms with Gasteiger partial charge in [-0.05, 0) is 6.92 Å². The molecule has 0 saturated carbocycles. The normalized spacial score (nSPS) is 7.86. The summed E-state index contributed by atoms with van der Waals surface area (Å²) in [6, 6.07) is 0. The largest absolute Gasteiger partial charge is 0.466 e. The number of esters is 1. The minimum absolute atomic E-state index is 0.347. The molecular formula is C11H18O3. The van der Waals surface area contributed by atoms with Crippen molar-refractivity contribution < 1.29 is 14.3 Å². The summed E-state index contributed by atoms with van der Waals surface area (Å²) in [6.45, 7) is 13.1. The maximum absolute atomic E-state index is 10.2. The lowest BCUT2D eigenvalue weighted by Gasteiger charge is -1.91. The molecule has 3 nitrogen and oxygen atoms in total. The quantitative estimate of drug-likeness (QED) is 0.294. The van der Waals surface area contributed by atoms with E-state index in [9.17, 15) is 4.79 Å². The fourth-order valence-corrected chi connectivity index (χ4v) is 0.409. The van der Waals surface area contributed by atoms with Crippen LogP contribution in [0.1, 0.15) is 6.92 Å². The van der Waals surface area contributed by atoms with Crippen molar-refractivity contribution in [1.82, 2.24) is 0 Å². The summed E-state index contributed by atoms with van der Waals surface area (Å²) in [4.78, 5) is 10.2. The monoisotopic (exact) mass is 198 g/mol. The first-order chi connectivity index (χ1) is 6.59. The van der Waals surface area contributed by atoms with E-state index in [0.29, 0.717) is 18.8 Å². The maximum atomic E-state index is 10.2. The third kappa shape index (κ3) is 13.3. The summed E-state index contributed by atoms with van der Waals surface area (Å²) >= 11 is 0. The molecule has 0 aliphatic rings. The van der Waals surface area contributed by atoms with E-state index in [1.807, 2.05) is 0 Å². The highest BCUT2D eigenvalue weighted by molar-refractivity contribution is 5.86. The van der Waals surface area contributed by atoms with Crippen molar-refractivity contribution in [3.8, 4) is 0 Å². The molecule has 3 heteroatoms. The smallest absolute Gasteiger partial charge is 0.332 e. The Hall–Kier alpha value is -1.35. The molecule has 0 N–H and O–H groups in total. The van der Waals surface area contributed by atoms with Gasteiger partial charge in [0.15, 0.2) is 0 Å². The van der Waals surface area contributed by atoms with Gasteiger partial charge in [-0.1, -0.05) is 18.7 Å². The van der Waals surface area contributed by atoms with Crippen molar-refractivity contribution in [3.63, 3.8) is 0 Å². The van der Waals surface area contributed by atoms with Gasteiger partial charge in [-0.2, -0.15) is 0 Å². The predicted octanol–water partition coefficient (Wildman–Crippen LogP) is 2.11. The zero-order valence-corrected chi connectivity index (χ0v) is 8.91. The molecule has 0 aromatic heterocycles. The van der Waals surface area contributed by atoms with Crippen LogP contribution in [0, 0.1) is 0 Å². The summed E-state index contributed by atoms with van der Waals surface area (Å²) in [5, 5.41) is 0. The first-order valence-corrected chi connectivity index (χ1v) is 4.13. The van der Waals surface area contributed by atoms with Crippen LogP contribution < -0.4 is 0 Å². The Kier molecular flexibility index (Phi) is 12.6. The number of carbonyl (C=O) groups is 1. The Labute approximate surface area is 85.7 Å². The van der Waals surface area contributed by atoms with Gasteiger partial charge in [0.05, 0.1) is 20.3 Å². The van der Waals surface area contributed by atoms with Crippen molar-refractivity contribution >= 4 is 5.97 Å². The van der Waals surface area contributed by atoms with Gasteiger partial charge in [-0.15, -0.1) is 13.2 Å².